The molecule has 0 saturated carbocycles. The first-order chi connectivity index (χ1) is 14.1. The summed E-state index contributed by atoms with van der Waals surface area (Å²) in [6.07, 6.45) is 0.631. The van der Waals surface area contributed by atoms with Crippen LogP contribution in [-0.2, 0) is 0 Å². The van der Waals surface area contributed by atoms with E-state index in [1.54, 1.807) is 6.07 Å². The van der Waals surface area contributed by atoms with Gasteiger partial charge in [-0.05, 0) is 34.8 Å². The Morgan fingerprint density at radius 2 is 1.83 bits per heavy atom. The van der Waals surface area contributed by atoms with Gasteiger partial charge in [0.1, 0.15) is 6.61 Å². The molecule has 0 aliphatic heterocycles. The van der Waals surface area contributed by atoms with Crippen LogP contribution in [0, 0.1) is 0 Å². The molecule has 2 aromatic carbocycles. The van der Waals surface area contributed by atoms with Crippen LogP contribution >= 0.6 is 0 Å². The van der Waals surface area contributed by atoms with Gasteiger partial charge in [-0.15, -0.1) is 0 Å². The molecule has 0 radical (unpaired) electrons. The fraction of sp³-hybridized carbons (Fsp3) is 0.190. The number of amides is 2. The van der Waals surface area contributed by atoms with Gasteiger partial charge in [-0.2, -0.15) is 0 Å². The third kappa shape index (κ3) is 5.20. The van der Waals surface area contributed by atoms with Gasteiger partial charge in [-0.1, -0.05) is 49.4 Å². The molecule has 1 aromatic heterocycles. The van der Waals surface area contributed by atoms with E-state index in [1.165, 1.54) is 11.5 Å². The van der Waals surface area contributed by atoms with Gasteiger partial charge in [0.25, 0.3) is 11.8 Å². The lowest BCUT2D eigenvalue weighted by atomic mass is 10.0. The van der Waals surface area contributed by atoms with Crippen molar-refractivity contribution in [2.75, 3.05) is 6.61 Å². The number of hydrogen-bond donors (Lipinski definition) is 3. The predicted octanol–water partition coefficient (Wildman–Crippen LogP) is 3.05. The van der Waals surface area contributed by atoms with E-state index in [4.69, 9.17) is 14.5 Å². The quantitative estimate of drug-likeness (QED) is 0.399. The maximum Gasteiger partial charge on any atom is 0.313 e. The van der Waals surface area contributed by atoms with Gasteiger partial charge in [0.15, 0.2) is 0 Å². The number of nitrogens with zero attached hydrogens (tertiary/aromatic N) is 1. The van der Waals surface area contributed by atoms with Crippen molar-refractivity contribution in [1.29, 1.82) is 0 Å². The number of hydrogen-bond acceptors (Lipinski definition) is 6. The van der Waals surface area contributed by atoms with E-state index in [1.807, 2.05) is 55.5 Å². The predicted molar refractivity (Wildman–Crippen MR) is 105 cm³/mol. The van der Waals surface area contributed by atoms with Crippen LogP contribution in [-0.4, -0.2) is 34.8 Å². The van der Waals surface area contributed by atoms with E-state index in [9.17, 15) is 9.59 Å². The Labute approximate surface area is 167 Å². The lowest BCUT2D eigenvalue weighted by molar-refractivity contribution is 0.0666. The molecule has 3 N–H and O–H groups in total. The highest BCUT2D eigenvalue weighted by Crippen LogP contribution is 2.20. The third-order valence-electron chi connectivity index (χ3n) is 4.31. The molecule has 1 atom stereocenters. The highest BCUT2D eigenvalue weighted by atomic mass is 16.5. The summed E-state index contributed by atoms with van der Waals surface area (Å²) in [4.78, 5) is 23.9. The van der Waals surface area contributed by atoms with Gasteiger partial charge in [0, 0.05) is 5.56 Å². The Hall–Kier alpha value is -3.65. The van der Waals surface area contributed by atoms with Crippen LogP contribution in [0.1, 0.15) is 34.3 Å². The molecular formula is C21H21N3O5. The van der Waals surface area contributed by atoms with Crippen LogP contribution in [0.3, 0.4) is 0 Å². The number of aromatic nitrogens is 1. The second-order valence-electron chi connectivity index (χ2n) is 6.31. The van der Waals surface area contributed by atoms with Crippen LogP contribution < -0.4 is 15.5 Å². The van der Waals surface area contributed by atoms with E-state index in [0.29, 0.717) is 12.0 Å². The molecule has 0 unspecified atom stereocenters. The summed E-state index contributed by atoms with van der Waals surface area (Å²) in [5.41, 5.74) is 3.99. The second-order valence-corrected chi connectivity index (χ2v) is 6.31. The zero-order valence-electron chi connectivity index (χ0n) is 15.8. The first-order valence-corrected chi connectivity index (χ1v) is 9.11. The molecule has 3 rings (SSSR count). The number of carbonyl (C=O) groups is 2. The maximum absolute atomic E-state index is 12.7. The van der Waals surface area contributed by atoms with Crippen molar-refractivity contribution < 1.29 is 24.1 Å². The summed E-state index contributed by atoms with van der Waals surface area (Å²) in [5.74, 6) is -1.13. The lowest BCUT2D eigenvalue weighted by Crippen LogP contribution is -2.38. The summed E-state index contributed by atoms with van der Waals surface area (Å²) < 4.78 is 10.2. The Bertz CT molecular complexity index is 971. The van der Waals surface area contributed by atoms with Crippen molar-refractivity contribution in [3.05, 3.63) is 72.0 Å². The zero-order chi connectivity index (χ0) is 20.6. The third-order valence-corrected chi connectivity index (χ3v) is 4.31. The summed E-state index contributed by atoms with van der Waals surface area (Å²) in [7, 11) is 0. The Kier molecular flexibility index (Phi) is 6.59. The minimum Gasteiger partial charge on any atom is -0.473 e. The number of nitrogens with one attached hydrogen (secondary N) is 2. The number of hydroxylamine groups is 1. The summed E-state index contributed by atoms with van der Waals surface area (Å²) in [6, 6.07) is 18.2. The highest BCUT2D eigenvalue weighted by Gasteiger charge is 2.16. The monoisotopic (exact) mass is 395 g/mol. The number of benzene rings is 2. The first kappa shape index (κ1) is 20.1. The largest absolute Gasteiger partial charge is 0.473 e. The molecular weight excluding hydrogens is 374 g/mol. The smallest absolute Gasteiger partial charge is 0.313 e. The molecule has 0 fully saturated rings. The van der Waals surface area contributed by atoms with Crippen LogP contribution in [0.15, 0.2) is 65.2 Å². The van der Waals surface area contributed by atoms with E-state index >= 15 is 0 Å². The fourth-order valence-corrected chi connectivity index (χ4v) is 2.68. The van der Waals surface area contributed by atoms with Crippen LogP contribution in [0.25, 0.3) is 11.1 Å². The molecule has 3 aromatic rings. The summed E-state index contributed by atoms with van der Waals surface area (Å²) in [5, 5.41) is 15.1. The maximum atomic E-state index is 12.7. The zero-order valence-corrected chi connectivity index (χ0v) is 15.8. The van der Waals surface area contributed by atoms with Gasteiger partial charge in [0.2, 0.25) is 5.76 Å². The molecule has 0 saturated heterocycles. The average Bonchev–Trinajstić information content (AvgIpc) is 3.25. The molecule has 2 amide bonds. The molecule has 1 heterocycles. The highest BCUT2D eigenvalue weighted by molar-refractivity contribution is 5.95. The Balaban J connectivity index is 1.61. The minimum atomic E-state index is -0.828. The van der Waals surface area contributed by atoms with Crippen LogP contribution in [0.5, 0.6) is 5.88 Å². The first-order valence-electron chi connectivity index (χ1n) is 9.11. The molecule has 29 heavy (non-hydrogen) atoms. The van der Waals surface area contributed by atoms with Crippen molar-refractivity contribution in [1.82, 2.24) is 16.0 Å². The SMILES string of the molecule is CC[C@@H](COc1cc(C(=O)NO)on1)NC(=O)c1cccc(-c2ccccc2)c1. The van der Waals surface area contributed by atoms with Crippen LogP contribution in [0.2, 0.25) is 0 Å². The number of carbonyl (C=O) groups excluding carboxylic acids is 2. The number of rotatable bonds is 8. The van der Waals surface area contributed by atoms with Crippen molar-refractivity contribution in [3.63, 3.8) is 0 Å². The minimum absolute atomic E-state index is 0.0855. The summed E-state index contributed by atoms with van der Waals surface area (Å²) >= 11 is 0. The lowest BCUT2D eigenvalue weighted by Gasteiger charge is -2.17. The standard InChI is InChI=1S/C21H21N3O5/c1-2-17(13-28-19-12-18(29-24-19)21(26)23-27)22-20(25)16-10-6-9-15(11-16)14-7-4-3-5-8-14/h3-12,17,27H,2,13H2,1H3,(H,22,25)(H,23,26)/t17-/m0/s1. The van der Waals surface area contributed by atoms with Crippen LogP contribution in [0.4, 0.5) is 0 Å². The summed E-state index contributed by atoms with van der Waals surface area (Å²) in [6.45, 7) is 2.06. The van der Waals surface area contributed by atoms with E-state index in [0.717, 1.165) is 11.1 Å². The van der Waals surface area contributed by atoms with E-state index in [-0.39, 0.29) is 30.2 Å². The normalized spacial score (nSPS) is 11.5. The molecule has 0 aliphatic carbocycles. The van der Waals surface area contributed by atoms with Gasteiger partial charge >= 0.3 is 5.91 Å². The molecule has 8 heteroatoms. The van der Waals surface area contributed by atoms with Gasteiger partial charge < -0.3 is 14.6 Å². The Morgan fingerprint density at radius 3 is 2.55 bits per heavy atom. The molecule has 0 aliphatic rings. The Morgan fingerprint density at radius 1 is 1.07 bits per heavy atom. The average molecular weight is 395 g/mol. The van der Waals surface area contributed by atoms with E-state index < -0.39 is 5.91 Å². The second kappa shape index (κ2) is 9.52. The number of ether oxygens (including phenoxy) is 1. The van der Waals surface area contributed by atoms with E-state index in [2.05, 4.69) is 10.5 Å². The molecule has 8 nitrogen and oxygen atoms in total. The van der Waals surface area contributed by atoms with Crippen molar-refractivity contribution in [2.24, 2.45) is 0 Å². The van der Waals surface area contributed by atoms with Crippen molar-refractivity contribution in [2.45, 2.75) is 19.4 Å². The van der Waals surface area contributed by atoms with Gasteiger partial charge in [-0.25, -0.2) is 5.48 Å². The van der Waals surface area contributed by atoms with Crippen molar-refractivity contribution >= 4 is 11.8 Å². The molecule has 0 spiro atoms. The topological polar surface area (TPSA) is 114 Å². The van der Waals surface area contributed by atoms with Gasteiger partial charge in [0.05, 0.1) is 12.1 Å². The molecule has 0 bridgehead atoms. The fourth-order valence-electron chi connectivity index (χ4n) is 2.68. The van der Waals surface area contributed by atoms with Gasteiger partial charge in [-0.3, -0.25) is 14.8 Å². The van der Waals surface area contributed by atoms with Crippen molar-refractivity contribution in [3.8, 4) is 17.0 Å². The molecule has 150 valence electrons.